The summed E-state index contributed by atoms with van der Waals surface area (Å²) in [5.41, 5.74) is -0.357. The molecule has 0 unspecified atom stereocenters. The molecule has 2 fully saturated rings. The topological polar surface area (TPSA) is 44.1 Å². The van der Waals surface area contributed by atoms with Crippen molar-refractivity contribution in [3.05, 3.63) is 0 Å². The van der Waals surface area contributed by atoms with Gasteiger partial charge in [0.25, 0.3) is 0 Å². The Morgan fingerprint density at radius 1 is 1.21 bits per heavy atom. The van der Waals surface area contributed by atoms with Crippen molar-refractivity contribution < 1.29 is 4.79 Å². The van der Waals surface area contributed by atoms with Gasteiger partial charge < -0.3 is 4.90 Å². The zero-order chi connectivity index (χ0) is 14.1. The van der Waals surface area contributed by atoms with Crippen LogP contribution in [0.1, 0.15) is 59.3 Å². The Morgan fingerprint density at radius 3 is 2.16 bits per heavy atom. The quantitative estimate of drug-likeness (QED) is 0.727. The van der Waals surface area contributed by atoms with Crippen LogP contribution in [0, 0.1) is 28.1 Å². The first kappa shape index (κ1) is 14.4. The minimum atomic E-state index is -0.285. The third kappa shape index (κ3) is 2.78. The average molecular weight is 262 g/mol. The Labute approximate surface area is 117 Å². The molecule has 3 nitrogen and oxygen atoms in total. The van der Waals surface area contributed by atoms with E-state index in [-0.39, 0.29) is 16.7 Å². The predicted molar refractivity (Wildman–Crippen MR) is 75.3 cm³/mol. The van der Waals surface area contributed by atoms with Gasteiger partial charge >= 0.3 is 0 Å². The SMILES string of the molecule is CC(C)(C)C(=O)N1CCC(C2(C#N)CCCC2)CC1. The van der Waals surface area contributed by atoms with Gasteiger partial charge in [-0.2, -0.15) is 5.26 Å². The fourth-order valence-corrected chi connectivity index (χ4v) is 3.73. The minimum absolute atomic E-state index is 0.0725. The summed E-state index contributed by atoms with van der Waals surface area (Å²) in [5, 5.41) is 9.54. The summed E-state index contributed by atoms with van der Waals surface area (Å²) in [5.74, 6) is 0.757. The molecule has 1 aliphatic heterocycles. The van der Waals surface area contributed by atoms with Gasteiger partial charge in [0.1, 0.15) is 0 Å². The highest BCUT2D eigenvalue weighted by Gasteiger charge is 2.43. The fraction of sp³-hybridized carbons (Fsp3) is 0.875. The van der Waals surface area contributed by atoms with Crippen molar-refractivity contribution in [2.24, 2.45) is 16.7 Å². The van der Waals surface area contributed by atoms with E-state index >= 15 is 0 Å². The Balaban J connectivity index is 1.96. The number of carbonyl (C=O) groups excluding carboxylic acids is 1. The van der Waals surface area contributed by atoms with E-state index < -0.39 is 0 Å². The van der Waals surface area contributed by atoms with Crippen molar-refractivity contribution in [3.63, 3.8) is 0 Å². The molecule has 1 heterocycles. The molecule has 1 saturated heterocycles. The lowest BCUT2D eigenvalue weighted by Gasteiger charge is -2.40. The molecule has 0 aromatic heterocycles. The molecule has 0 radical (unpaired) electrons. The Bertz CT molecular complexity index is 375. The lowest BCUT2D eigenvalue weighted by atomic mass is 9.70. The van der Waals surface area contributed by atoms with Gasteiger partial charge in [-0.1, -0.05) is 33.6 Å². The van der Waals surface area contributed by atoms with Crippen molar-refractivity contribution in [1.82, 2.24) is 4.90 Å². The Morgan fingerprint density at radius 2 is 1.74 bits per heavy atom. The van der Waals surface area contributed by atoms with Crippen LogP contribution in [0.2, 0.25) is 0 Å². The van der Waals surface area contributed by atoms with Crippen LogP contribution >= 0.6 is 0 Å². The summed E-state index contributed by atoms with van der Waals surface area (Å²) in [6.07, 6.45) is 6.57. The molecule has 0 N–H and O–H groups in total. The van der Waals surface area contributed by atoms with Crippen LogP contribution in [0.3, 0.4) is 0 Å². The molecule has 2 aliphatic rings. The molecule has 2 rings (SSSR count). The highest BCUT2D eigenvalue weighted by molar-refractivity contribution is 5.81. The number of carbonyl (C=O) groups is 1. The van der Waals surface area contributed by atoms with Gasteiger partial charge in [0.2, 0.25) is 5.91 Å². The van der Waals surface area contributed by atoms with Gasteiger partial charge in [-0.25, -0.2) is 0 Å². The molecule has 0 atom stereocenters. The highest BCUT2D eigenvalue weighted by Crippen LogP contribution is 2.47. The molecule has 3 heteroatoms. The van der Waals surface area contributed by atoms with Crippen molar-refractivity contribution in [3.8, 4) is 6.07 Å². The molecule has 0 aromatic carbocycles. The predicted octanol–water partition coefficient (Wildman–Crippen LogP) is 3.36. The zero-order valence-electron chi connectivity index (χ0n) is 12.5. The summed E-state index contributed by atoms with van der Waals surface area (Å²) in [6.45, 7) is 7.62. The molecule has 0 aromatic rings. The molecule has 0 spiro atoms. The maximum Gasteiger partial charge on any atom is 0.227 e. The molecule has 1 saturated carbocycles. The van der Waals surface area contributed by atoms with Crippen LogP contribution in [0.25, 0.3) is 0 Å². The third-order valence-electron chi connectivity index (χ3n) is 4.92. The number of piperidine rings is 1. The number of likely N-dealkylation sites (tertiary alicyclic amines) is 1. The molecule has 106 valence electrons. The van der Waals surface area contributed by atoms with Crippen molar-refractivity contribution in [2.75, 3.05) is 13.1 Å². The number of hydrogen-bond donors (Lipinski definition) is 0. The second-order valence-corrected chi connectivity index (χ2v) is 7.29. The van der Waals surface area contributed by atoms with E-state index in [1.54, 1.807) is 0 Å². The fourth-order valence-electron chi connectivity index (χ4n) is 3.73. The molecular weight excluding hydrogens is 236 g/mol. The van der Waals surface area contributed by atoms with E-state index in [1.165, 1.54) is 12.8 Å². The second kappa shape index (κ2) is 5.15. The van der Waals surface area contributed by atoms with E-state index in [4.69, 9.17) is 0 Å². The maximum atomic E-state index is 12.3. The van der Waals surface area contributed by atoms with Crippen LogP contribution in [0.5, 0.6) is 0 Å². The largest absolute Gasteiger partial charge is 0.342 e. The van der Waals surface area contributed by atoms with Crippen LogP contribution in [-0.2, 0) is 4.79 Å². The normalized spacial score (nSPS) is 24.2. The standard InChI is InChI=1S/C16H26N2O/c1-15(2,3)14(19)18-10-6-13(7-11-18)16(12-17)8-4-5-9-16/h13H,4-11H2,1-3H3. The number of nitrogens with zero attached hydrogens (tertiary/aromatic N) is 2. The molecule has 19 heavy (non-hydrogen) atoms. The lowest BCUT2D eigenvalue weighted by Crippen LogP contribution is -2.46. The molecule has 1 amide bonds. The van der Waals surface area contributed by atoms with Crippen LogP contribution in [-0.4, -0.2) is 23.9 Å². The third-order valence-corrected chi connectivity index (χ3v) is 4.92. The molecule has 1 aliphatic carbocycles. The van der Waals surface area contributed by atoms with Crippen LogP contribution in [0.4, 0.5) is 0 Å². The second-order valence-electron chi connectivity index (χ2n) is 7.29. The van der Waals surface area contributed by atoms with E-state index in [2.05, 4.69) is 6.07 Å². The molecular formula is C16H26N2O. The Kier molecular flexibility index (Phi) is 3.90. The highest BCUT2D eigenvalue weighted by atomic mass is 16.2. The number of hydrogen-bond acceptors (Lipinski definition) is 2. The summed E-state index contributed by atoms with van der Waals surface area (Å²) in [7, 11) is 0. The van der Waals surface area contributed by atoms with Crippen molar-refractivity contribution in [2.45, 2.75) is 59.3 Å². The van der Waals surface area contributed by atoms with Crippen molar-refractivity contribution >= 4 is 5.91 Å². The van der Waals surface area contributed by atoms with E-state index in [1.807, 2.05) is 25.7 Å². The number of nitriles is 1. The summed E-state index contributed by atoms with van der Waals surface area (Å²) < 4.78 is 0. The first-order chi connectivity index (χ1) is 8.89. The number of amides is 1. The van der Waals surface area contributed by atoms with Gasteiger partial charge in [0.15, 0.2) is 0 Å². The van der Waals surface area contributed by atoms with Crippen LogP contribution in [0.15, 0.2) is 0 Å². The zero-order valence-corrected chi connectivity index (χ0v) is 12.5. The van der Waals surface area contributed by atoms with E-state index in [9.17, 15) is 10.1 Å². The van der Waals surface area contributed by atoms with Crippen molar-refractivity contribution in [1.29, 1.82) is 5.26 Å². The lowest BCUT2D eigenvalue weighted by molar-refractivity contribution is -0.141. The van der Waals surface area contributed by atoms with Gasteiger partial charge in [0.05, 0.1) is 11.5 Å². The number of rotatable bonds is 1. The van der Waals surface area contributed by atoms with Gasteiger partial charge in [0, 0.05) is 18.5 Å². The average Bonchev–Trinajstić information content (AvgIpc) is 2.87. The summed E-state index contributed by atoms with van der Waals surface area (Å²) in [4.78, 5) is 14.3. The maximum absolute atomic E-state index is 12.3. The monoisotopic (exact) mass is 262 g/mol. The van der Waals surface area contributed by atoms with Crippen LogP contribution < -0.4 is 0 Å². The minimum Gasteiger partial charge on any atom is -0.342 e. The first-order valence-corrected chi connectivity index (χ1v) is 7.60. The summed E-state index contributed by atoms with van der Waals surface area (Å²) in [6, 6.07) is 2.62. The Hall–Kier alpha value is -1.04. The summed E-state index contributed by atoms with van der Waals surface area (Å²) >= 11 is 0. The van der Waals surface area contributed by atoms with Gasteiger partial charge in [-0.05, 0) is 31.6 Å². The van der Waals surface area contributed by atoms with E-state index in [0.29, 0.717) is 5.92 Å². The molecule has 0 bridgehead atoms. The van der Waals surface area contributed by atoms with Gasteiger partial charge in [-0.3, -0.25) is 4.79 Å². The smallest absolute Gasteiger partial charge is 0.227 e. The first-order valence-electron chi connectivity index (χ1n) is 7.60. The van der Waals surface area contributed by atoms with Gasteiger partial charge in [-0.15, -0.1) is 0 Å². The van der Waals surface area contributed by atoms with E-state index in [0.717, 1.165) is 38.8 Å².